The van der Waals surface area contributed by atoms with Gasteiger partial charge in [-0.25, -0.2) is 13.4 Å². The first-order chi connectivity index (χ1) is 16.8. The molecule has 1 aliphatic rings. The van der Waals surface area contributed by atoms with E-state index in [0.29, 0.717) is 45.9 Å². The highest BCUT2D eigenvalue weighted by Gasteiger charge is 2.37. The van der Waals surface area contributed by atoms with Crippen LogP contribution in [0.3, 0.4) is 0 Å². The molecule has 0 N–H and O–H groups in total. The first-order valence-electron chi connectivity index (χ1n) is 11.0. The molecule has 0 spiro atoms. The van der Waals surface area contributed by atoms with E-state index < -0.39 is 15.9 Å². The molecule has 0 saturated carbocycles. The van der Waals surface area contributed by atoms with Gasteiger partial charge in [0.1, 0.15) is 9.73 Å². The predicted molar refractivity (Wildman–Crippen MR) is 143 cm³/mol. The summed E-state index contributed by atoms with van der Waals surface area (Å²) in [6.07, 6.45) is 1.20. The molecule has 0 aliphatic carbocycles. The Bertz CT molecular complexity index is 1470. The molecule has 6 nitrogen and oxygen atoms in total. The van der Waals surface area contributed by atoms with E-state index in [0.717, 1.165) is 21.6 Å². The lowest BCUT2D eigenvalue weighted by Crippen LogP contribution is -2.46. The zero-order valence-corrected chi connectivity index (χ0v) is 22.4. The highest BCUT2D eigenvalue weighted by molar-refractivity contribution is 7.91. The molecule has 2 aromatic heterocycles. The highest BCUT2D eigenvalue weighted by atomic mass is 35.5. The molecule has 1 aliphatic heterocycles. The quantitative estimate of drug-likeness (QED) is 0.275. The minimum absolute atomic E-state index is 0.119. The molecule has 3 heterocycles. The highest BCUT2D eigenvalue weighted by Crippen LogP contribution is 2.36. The number of hydrogen-bond acceptors (Lipinski definition) is 6. The van der Waals surface area contributed by atoms with Crippen LogP contribution in [0.15, 0.2) is 64.9 Å². The normalized spacial score (nSPS) is 17.0. The average Bonchev–Trinajstić information content (AvgIpc) is 3.50. The fourth-order valence-corrected chi connectivity index (χ4v) is 8.60. The topological polar surface area (TPSA) is 70.6 Å². The van der Waals surface area contributed by atoms with Gasteiger partial charge in [-0.05, 0) is 42.7 Å². The summed E-state index contributed by atoms with van der Waals surface area (Å²) in [5, 5.41) is 1.08. The minimum atomic E-state index is -3.72. The maximum Gasteiger partial charge on any atom is 0.252 e. The van der Waals surface area contributed by atoms with Crippen LogP contribution in [-0.2, 0) is 21.4 Å². The van der Waals surface area contributed by atoms with Crippen molar-refractivity contribution < 1.29 is 13.2 Å². The van der Waals surface area contributed by atoms with E-state index in [4.69, 9.17) is 23.2 Å². The molecule has 1 fully saturated rings. The molecule has 1 unspecified atom stereocenters. The van der Waals surface area contributed by atoms with Gasteiger partial charge in [-0.3, -0.25) is 9.69 Å². The predicted octanol–water partition coefficient (Wildman–Crippen LogP) is 6.30. The van der Waals surface area contributed by atoms with Crippen molar-refractivity contribution in [2.75, 3.05) is 18.0 Å². The van der Waals surface area contributed by atoms with E-state index >= 15 is 0 Å². The van der Waals surface area contributed by atoms with E-state index in [1.165, 1.54) is 21.7 Å². The number of benzene rings is 2. The second-order valence-electron chi connectivity index (χ2n) is 8.25. The van der Waals surface area contributed by atoms with Crippen molar-refractivity contribution >= 4 is 77.2 Å². The van der Waals surface area contributed by atoms with E-state index in [1.807, 2.05) is 42.5 Å². The summed E-state index contributed by atoms with van der Waals surface area (Å²) < 4.78 is 29.3. The van der Waals surface area contributed by atoms with Crippen LogP contribution in [0, 0.1) is 5.92 Å². The number of rotatable bonds is 6. The van der Waals surface area contributed by atoms with Crippen LogP contribution in [0.5, 0.6) is 0 Å². The largest absolute Gasteiger partial charge is 0.283 e. The molecule has 1 saturated heterocycles. The smallest absolute Gasteiger partial charge is 0.252 e. The number of sulfonamides is 1. The van der Waals surface area contributed by atoms with Gasteiger partial charge in [0.25, 0.3) is 10.0 Å². The Morgan fingerprint density at radius 2 is 1.86 bits per heavy atom. The van der Waals surface area contributed by atoms with Crippen molar-refractivity contribution in [3.8, 4) is 0 Å². The molecule has 11 heteroatoms. The van der Waals surface area contributed by atoms with Crippen molar-refractivity contribution in [3.05, 3.63) is 75.6 Å². The number of thiazole rings is 1. The Hall–Kier alpha value is -2.01. The van der Waals surface area contributed by atoms with Crippen LogP contribution in [0.25, 0.3) is 10.2 Å². The number of nitrogens with zero attached hydrogens (tertiary/aromatic N) is 3. The van der Waals surface area contributed by atoms with Gasteiger partial charge in [-0.15, -0.1) is 11.3 Å². The van der Waals surface area contributed by atoms with Crippen LogP contribution in [0.1, 0.15) is 18.4 Å². The number of halogens is 2. The van der Waals surface area contributed by atoms with Crippen molar-refractivity contribution in [2.24, 2.45) is 5.92 Å². The Labute approximate surface area is 221 Å². The number of carbonyl (C=O) groups excluding carboxylic acids is 1. The van der Waals surface area contributed by atoms with Crippen molar-refractivity contribution in [1.82, 2.24) is 9.29 Å². The van der Waals surface area contributed by atoms with Gasteiger partial charge in [-0.2, -0.15) is 4.31 Å². The molecule has 1 amide bonds. The van der Waals surface area contributed by atoms with Gasteiger partial charge in [0.15, 0.2) is 5.13 Å². The maximum atomic E-state index is 13.9. The second-order valence-corrected chi connectivity index (χ2v) is 13.5. The molecule has 4 aromatic rings. The Balaban J connectivity index is 1.46. The lowest BCUT2D eigenvalue weighted by atomic mass is 9.98. The number of hydrogen-bond donors (Lipinski definition) is 0. The van der Waals surface area contributed by atoms with Crippen LogP contribution < -0.4 is 4.90 Å². The Morgan fingerprint density at radius 1 is 1.06 bits per heavy atom. The SMILES string of the molecule is O=C(C1CCCN(S(=O)(=O)c2ccc(Cl)s2)C1)N(Cc1ccccc1)c1nc2c(Cl)cccc2s1. The fraction of sp³-hybridized carbons (Fsp3) is 0.250. The third kappa shape index (κ3) is 5.12. The van der Waals surface area contributed by atoms with Gasteiger partial charge < -0.3 is 0 Å². The Morgan fingerprint density at radius 3 is 2.57 bits per heavy atom. The lowest BCUT2D eigenvalue weighted by molar-refractivity contribution is -0.123. The number of fused-ring (bicyclic) bond motifs is 1. The van der Waals surface area contributed by atoms with Crippen molar-refractivity contribution in [3.63, 3.8) is 0 Å². The van der Waals surface area contributed by atoms with E-state index in [1.54, 1.807) is 17.0 Å². The number of anilines is 1. The summed E-state index contributed by atoms with van der Waals surface area (Å²) in [5.74, 6) is -0.631. The summed E-state index contributed by atoms with van der Waals surface area (Å²) in [6, 6.07) is 18.3. The average molecular weight is 567 g/mol. The van der Waals surface area contributed by atoms with Crippen LogP contribution >= 0.6 is 45.9 Å². The molecule has 0 bridgehead atoms. The molecule has 5 rings (SSSR count). The molecule has 35 heavy (non-hydrogen) atoms. The summed E-state index contributed by atoms with van der Waals surface area (Å²) in [7, 11) is -3.72. The summed E-state index contributed by atoms with van der Waals surface area (Å²) in [5.41, 5.74) is 1.61. The number of para-hydroxylation sites is 1. The number of aromatic nitrogens is 1. The summed E-state index contributed by atoms with van der Waals surface area (Å²) >= 11 is 14.8. The molecule has 1 atom stereocenters. The third-order valence-corrected chi connectivity index (χ3v) is 10.8. The first kappa shape index (κ1) is 24.7. The lowest BCUT2D eigenvalue weighted by Gasteiger charge is -2.33. The minimum Gasteiger partial charge on any atom is -0.283 e. The van der Waals surface area contributed by atoms with Crippen LogP contribution in [-0.4, -0.2) is 36.7 Å². The fourth-order valence-electron chi connectivity index (χ4n) is 4.17. The zero-order chi connectivity index (χ0) is 24.6. The molecule has 2 aromatic carbocycles. The summed E-state index contributed by atoms with van der Waals surface area (Å²) in [6.45, 7) is 0.825. The Kier molecular flexibility index (Phi) is 7.16. The number of piperidine rings is 1. The number of thiophene rings is 1. The zero-order valence-electron chi connectivity index (χ0n) is 18.4. The molecular formula is C24H21Cl2N3O3S3. The monoisotopic (exact) mass is 565 g/mol. The third-order valence-electron chi connectivity index (χ3n) is 5.91. The standard InChI is InChI=1S/C24H21Cl2N3O3S3/c25-18-9-4-10-19-22(18)27-24(33-19)29(14-16-6-2-1-3-7-16)23(30)17-8-5-13-28(15-17)35(31,32)21-12-11-20(26)34-21/h1-4,6-7,9-12,17H,5,8,13-15H2. The van der Waals surface area contributed by atoms with Gasteiger partial charge >= 0.3 is 0 Å². The van der Waals surface area contributed by atoms with Crippen LogP contribution in [0.2, 0.25) is 9.36 Å². The van der Waals surface area contributed by atoms with E-state index in [2.05, 4.69) is 4.98 Å². The van der Waals surface area contributed by atoms with E-state index in [-0.39, 0.29) is 16.7 Å². The molecular weight excluding hydrogens is 545 g/mol. The number of carbonyl (C=O) groups is 1. The first-order valence-corrected chi connectivity index (χ1v) is 14.8. The van der Waals surface area contributed by atoms with Gasteiger partial charge in [0.2, 0.25) is 5.91 Å². The van der Waals surface area contributed by atoms with Gasteiger partial charge in [0.05, 0.1) is 26.5 Å². The molecule has 182 valence electrons. The van der Waals surface area contributed by atoms with Gasteiger partial charge in [0, 0.05) is 13.1 Å². The maximum absolute atomic E-state index is 13.9. The summed E-state index contributed by atoms with van der Waals surface area (Å²) in [4.78, 5) is 20.3. The second kappa shape index (κ2) is 10.2. The van der Waals surface area contributed by atoms with Crippen molar-refractivity contribution in [1.29, 1.82) is 0 Å². The number of amides is 1. The van der Waals surface area contributed by atoms with Crippen molar-refractivity contribution in [2.45, 2.75) is 23.6 Å². The van der Waals surface area contributed by atoms with Gasteiger partial charge in [-0.1, -0.05) is 70.9 Å². The van der Waals surface area contributed by atoms with Crippen LogP contribution in [0.4, 0.5) is 5.13 Å². The molecule has 0 radical (unpaired) electrons. The van der Waals surface area contributed by atoms with E-state index in [9.17, 15) is 13.2 Å².